The number of fused-ring (bicyclic) bond motifs is 1. The van der Waals surface area contributed by atoms with Crippen LogP contribution in [0.25, 0.3) is 5.57 Å². The van der Waals surface area contributed by atoms with Crippen molar-refractivity contribution < 1.29 is 31.5 Å². The van der Waals surface area contributed by atoms with Crippen LogP contribution in [0.5, 0.6) is 0 Å². The van der Waals surface area contributed by atoms with Gasteiger partial charge < -0.3 is 15.8 Å². The topological polar surface area (TPSA) is 122 Å². The van der Waals surface area contributed by atoms with Gasteiger partial charge in [-0.05, 0) is 72.4 Å². The molecule has 3 aliphatic heterocycles. The number of rotatable bonds is 8. The number of hydrogen-bond donors (Lipinski definition) is 2. The van der Waals surface area contributed by atoms with Gasteiger partial charge in [-0.2, -0.15) is 4.31 Å². The van der Waals surface area contributed by atoms with Crippen molar-refractivity contribution in [2.45, 2.75) is 38.3 Å². The number of halogens is 2. The highest BCUT2D eigenvalue weighted by atomic mass is 32.2. The fourth-order valence-corrected chi connectivity index (χ4v) is 7.30. The normalized spacial score (nSPS) is 23.2. The van der Waals surface area contributed by atoms with E-state index in [1.165, 1.54) is 22.7 Å². The van der Waals surface area contributed by atoms with Crippen molar-refractivity contribution in [3.8, 4) is 0 Å². The molecule has 2 atom stereocenters. The second kappa shape index (κ2) is 11.8. The number of anilines is 1. The van der Waals surface area contributed by atoms with Crippen LogP contribution >= 0.6 is 0 Å². The van der Waals surface area contributed by atoms with E-state index in [1.807, 2.05) is 50.3 Å². The third kappa shape index (κ3) is 5.53. The number of amides is 2. The summed E-state index contributed by atoms with van der Waals surface area (Å²) in [5, 5.41) is 3.54. The fourth-order valence-electron chi connectivity index (χ4n) is 6.54. The highest BCUT2D eigenvalue weighted by molar-refractivity contribution is 7.88. The number of nitrogens with two attached hydrogens (primary N) is 1. The second-order valence-corrected chi connectivity index (χ2v) is 14.1. The Morgan fingerprint density at radius 1 is 1.20 bits per heavy atom. The lowest BCUT2D eigenvalue weighted by Crippen LogP contribution is -2.52. The Balaban J connectivity index is 1.42. The summed E-state index contributed by atoms with van der Waals surface area (Å²) >= 11 is 0. The number of nitrogens with zero attached hydrogens (tertiary/aromatic N) is 2. The van der Waals surface area contributed by atoms with Gasteiger partial charge in [0.25, 0.3) is 12.3 Å². The highest BCUT2D eigenvalue weighted by Gasteiger charge is 2.47. The summed E-state index contributed by atoms with van der Waals surface area (Å²) in [7, 11) is -3.32. The smallest absolute Gasteiger partial charge is 0.271 e. The molecule has 3 heterocycles. The number of benzene rings is 1. The van der Waals surface area contributed by atoms with Gasteiger partial charge in [0.1, 0.15) is 0 Å². The predicted molar refractivity (Wildman–Crippen MR) is 169 cm³/mol. The van der Waals surface area contributed by atoms with Crippen LogP contribution in [0.3, 0.4) is 0 Å². The molecule has 240 valence electrons. The van der Waals surface area contributed by atoms with Gasteiger partial charge in [-0.1, -0.05) is 42.5 Å². The van der Waals surface area contributed by atoms with Gasteiger partial charge >= 0.3 is 0 Å². The zero-order valence-electron chi connectivity index (χ0n) is 25.6. The molecular weight excluding hydrogens is 614 g/mol. The first-order chi connectivity index (χ1) is 21.8. The Hall–Kier alpha value is -4.31. The Morgan fingerprint density at radius 3 is 2.52 bits per heavy atom. The number of nitrogens with one attached hydrogen (secondary N) is 1. The van der Waals surface area contributed by atoms with Crippen molar-refractivity contribution in [1.29, 1.82) is 0 Å². The Bertz CT molecular complexity index is 1830. The fraction of sp³-hybridized carbons (Fsp3) is 0.353. The molecule has 0 saturated carbocycles. The number of hydrogen-bond acceptors (Lipinski definition) is 6. The maximum atomic E-state index is 13.8. The first-order valence-corrected chi connectivity index (χ1v) is 16.7. The molecule has 2 amide bonds. The average Bonchev–Trinajstić information content (AvgIpc) is 3.36. The van der Waals surface area contributed by atoms with E-state index in [0.29, 0.717) is 31.9 Å². The summed E-state index contributed by atoms with van der Waals surface area (Å²) in [5.74, 6) is -1.55. The molecule has 0 radical (unpaired) electrons. The van der Waals surface area contributed by atoms with Crippen molar-refractivity contribution >= 4 is 33.1 Å². The van der Waals surface area contributed by atoms with Crippen molar-refractivity contribution in [2.24, 2.45) is 11.7 Å². The van der Waals surface area contributed by atoms with E-state index < -0.39 is 39.7 Å². The van der Waals surface area contributed by atoms with Crippen LogP contribution in [0.4, 0.5) is 14.5 Å². The first kappa shape index (κ1) is 31.7. The molecule has 2 aromatic carbocycles. The molecule has 0 bridgehead atoms. The summed E-state index contributed by atoms with van der Waals surface area (Å²) in [6.07, 6.45) is 6.53. The van der Waals surface area contributed by atoms with Crippen LogP contribution in [0.2, 0.25) is 0 Å². The number of carbonyl (C=O) groups is 2. The Morgan fingerprint density at radius 2 is 1.96 bits per heavy atom. The number of alkyl halides is 2. The summed E-state index contributed by atoms with van der Waals surface area (Å²) in [6, 6.07) is 12.9. The number of carbonyl (C=O) groups excluding carboxylic acids is 2. The molecule has 2 unspecified atom stereocenters. The molecule has 4 aliphatic rings. The van der Waals surface area contributed by atoms with Crippen molar-refractivity contribution in [3.05, 3.63) is 106 Å². The molecule has 1 fully saturated rings. The zero-order valence-corrected chi connectivity index (χ0v) is 26.5. The predicted octanol–water partition coefficient (Wildman–Crippen LogP) is 3.84. The first-order valence-electron chi connectivity index (χ1n) is 14.9. The minimum atomic E-state index is -3.32. The van der Waals surface area contributed by atoms with E-state index in [9.17, 15) is 26.8 Å². The van der Waals surface area contributed by atoms with Crippen LogP contribution in [0, 0.1) is 25.0 Å². The van der Waals surface area contributed by atoms with E-state index in [2.05, 4.69) is 17.4 Å². The van der Waals surface area contributed by atoms with Gasteiger partial charge in [0.15, 0.2) is 0 Å². The lowest BCUT2D eigenvalue weighted by atomic mass is 9.73. The highest BCUT2D eigenvalue weighted by Crippen LogP contribution is 2.46. The van der Waals surface area contributed by atoms with Crippen molar-refractivity contribution in [3.63, 3.8) is 0 Å². The van der Waals surface area contributed by atoms with E-state index in [1.54, 1.807) is 11.0 Å². The molecule has 3 N–H and O–H groups in total. The SMILES string of the molecule is Cc1c(C2=C3C=C(C4=CCN(S(C)(=O)=O)CC4)NC3(C)C(C(N)=O)C=C2)cccc1N(C(=O)c1c#cc(C(F)F)cc1)C1COC1. The van der Waals surface area contributed by atoms with Crippen LogP contribution in [-0.2, 0) is 19.6 Å². The van der Waals surface area contributed by atoms with Gasteiger partial charge in [0.05, 0.1) is 48.1 Å². The number of ether oxygens (including phenoxy) is 1. The summed E-state index contributed by atoms with van der Waals surface area (Å²) in [5.41, 5.74) is 10.5. The van der Waals surface area contributed by atoms with Crippen LogP contribution < -0.4 is 16.0 Å². The minimum absolute atomic E-state index is 0.111. The lowest BCUT2D eigenvalue weighted by molar-refractivity contribution is -0.121. The molecule has 12 heteroatoms. The quantitative estimate of drug-likeness (QED) is 0.449. The number of primary amides is 1. The minimum Gasteiger partial charge on any atom is -0.377 e. The van der Waals surface area contributed by atoms with Crippen molar-refractivity contribution in [1.82, 2.24) is 9.62 Å². The standard InChI is InChI=1S/C34H34F2N4O5S/c1-20-25(5-4-6-30(20)40(24-18-45-19-24)33(42)23-9-7-22(8-10-23)31(35)36)26-11-12-27(32(37)41)34(2)28(26)17-29(38-34)21-13-15-39(16-14-21)46(3,43)44/h4-7,9,11-13,17,24,27,31,38H,14-16,18-19H2,1-3H3,(H2,37,41). The second-order valence-electron chi connectivity index (χ2n) is 12.1. The molecule has 1 aliphatic carbocycles. The molecule has 46 heavy (non-hydrogen) atoms. The largest absolute Gasteiger partial charge is 0.377 e. The average molecular weight is 649 g/mol. The third-order valence-electron chi connectivity index (χ3n) is 9.20. The number of allylic oxidation sites excluding steroid dienone is 3. The maximum absolute atomic E-state index is 13.8. The molecule has 0 spiro atoms. The van der Waals surface area contributed by atoms with Gasteiger partial charge in [-0.3, -0.25) is 14.5 Å². The van der Waals surface area contributed by atoms with E-state index in [-0.39, 0.29) is 23.7 Å². The van der Waals surface area contributed by atoms with E-state index in [4.69, 9.17) is 10.5 Å². The van der Waals surface area contributed by atoms with Gasteiger partial charge in [-0.25, -0.2) is 17.2 Å². The van der Waals surface area contributed by atoms with Gasteiger partial charge in [-0.15, -0.1) is 0 Å². The molecule has 6 rings (SSSR count). The van der Waals surface area contributed by atoms with E-state index >= 15 is 0 Å². The Labute approximate surface area is 267 Å². The van der Waals surface area contributed by atoms with Crippen molar-refractivity contribution in [2.75, 3.05) is 37.5 Å². The zero-order chi connectivity index (χ0) is 33.0. The van der Waals surface area contributed by atoms with Gasteiger partial charge in [0, 0.05) is 24.5 Å². The van der Waals surface area contributed by atoms with Crippen LogP contribution in [-0.4, -0.2) is 68.7 Å². The molecule has 0 aromatic heterocycles. The molecule has 2 aromatic rings. The molecule has 1 saturated heterocycles. The summed E-state index contributed by atoms with van der Waals surface area (Å²) in [6.45, 7) is 5.08. The van der Waals surface area contributed by atoms with Gasteiger partial charge in [0.2, 0.25) is 15.9 Å². The monoisotopic (exact) mass is 648 g/mol. The summed E-state index contributed by atoms with van der Waals surface area (Å²) in [4.78, 5) is 28.1. The number of sulfonamides is 1. The Kier molecular flexibility index (Phi) is 8.13. The van der Waals surface area contributed by atoms with Crippen LogP contribution in [0.1, 0.15) is 46.8 Å². The third-order valence-corrected chi connectivity index (χ3v) is 10.5. The van der Waals surface area contributed by atoms with Crippen LogP contribution in [0.15, 0.2) is 71.5 Å². The van der Waals surface area contributed by atoms with E-state index in [0.717, 1.165) is 33.5 Å². The summed E-state index contributed by atoms with van der Waals surface area (Å²) < 4.78 is 57.2. The maximum Gasteiger partial charge on any atom is 0.271 e. The molecule has 9 nitrogen and oxygen atoms in total. The lowest BCUT2D eigenvalue weighted by Gasteiger charge is -2.39. The molecular formula is C34H34F2N4O5S.